The van der Waals surface area contributed by atoms with Crippen LogP contribution in [0.2, 0.25) is 0 Å². The second kappa shape index (κ2) is 3.97. The van der Waals surface area contributed by atoms with Crippen molar-refractivity contribution in [3.05, 3.63) is 36.0 Å². The van der Waals surface area contributed by atoms with Crippen LogP contribution in [-0.2, 0) is 17.1 Å². The van der Waals surface area contributed by atoms with E-state index >= 15 is 0 Å². The van der Waals surface area contributed by atoms with Crippen molar-refractivity contribution >= 4 is 10.0 Å². The summed E-state index contributed by atoms with van der Waals surface area (Å²) >= 11 is 0. The minimum Gasteiger partial charge on any atom is -0.271 e. The van der Waals surface area contributed by atoms with E-state index in [1.807, 2.05) is 18.2 Å². The van der Waals surface area contributed by atoms with Crippen LogP contribution < -0.4 is 5.14 Å². The molecular formula is C11H13N3O2S. The molecule has 6 heteroatoms. The fourth-order valence-electron chi connectivity index (χ4n) is 1.71. The predicted octanol–water partition coefficient (Wildman–Crippen LogP) is 1.04. The minimum atomic E-state index is -3.77. The highest BCUT2D eigenvalue weighted by Gasteiger charge is 2.23. The van der Waals surface area contributed by atoms with Crippen LogP contribution in [0.1, 0.15) is 5.69 Å². The number of sulfonamides is 1. The van der Waals surface area contributed by atoms with Crippen molar-refractivity contribution in [3.63, 3.8) is 0 Å². The molecule has 0 aliphatic rings. The van der Waals surface area contributed by atoms with Gasteiger partial charge in [0.05, 0.1) is 5.69 Å². The fourth-order valence-corrected chi connectivity index (χ4v) is 2.69. The number of benzene rings is 1. The first-order chi connectivity index (χ1) is 7.91. The molecule has 0 saturated heterocycles. The first-order valence-corrected chi connectivity index (χ1v) is 6.57. The van der Waals surface area contributed by atoms with E-state index in [1.165, 1.54) is 4.68 Å². The lowest BCUT2D eigenvalue weighted by Crippen LogP contribution is -2.14. The van der Waals surface area contributed by atoms with Gasteiger partial charge in [-0.25, -0.2) is 13.6 Å². The van der Waals surface area contributed by atoms with Gasteiger partial charge in [-0.2, -0.15) is 5.10 Å². The maximum Gasteiger partial charge on any atom is 0.242 e. The molecule has 0 spiro atoms. The summed E-state index contributed by atoms with van der Waals surface area (Å²) in [5.74, 6) is 0. The topological polar surface area (TPSA) is 78.0 Å². The molecule has 17 heavy (non-hydrogen) atoms. The van der Waals surface area contributed by atoms with Crippen molar-refractivity contribution in [2.45, 2.75) is 11.8 Å². The predicted molar refractivity (Wildman–Crippen MR) is 64.8 cm³/mol. The van der Waals surface area contributed by atoms with E-state index in [-0.39, 0.29) is 4.90 Å². The molecule has 0 unspecified atom stereocenters. The molecule has 1 heterocycles. The van der Waals surface area contributed by atoms with Gasteiger partial charge in [0, 0.05) is 12.6 Å². The van der Waals surface area contributed by atoms with Gasteiger partial charge in [-0.1, -0.05) is 30.3 Å². The summed E-state index contributed by atoms with van der Waals surface area (Å²) in [6.07, 6.45) is 0. The van der Waals surface area contributed by atoms with Gasteiger partial charge >= 0.3 is 0 Å². The van der Waals surface area contributed by atoms with Crippen LogP contribution in [-0.4, -0.2) is 18.2 Å². The third-order valence-corrected chi connectivity index (χ3v) is 3.67. The van der Waals surface area contributed by atoms with E-state index in [1.54, 1.807) is 26.1 Å². The number of rotatable bonds is 2. The largest absolute Gasteiger partial charge is 0.271 e. The van der Waals surface area contributed by atoms with Crippen LogP contribution in [0.3, 0.4) is 0 Å². The number of aromatic nitrogens is 2. The van der Waals surface area contributed by atoms with Gasteiger partial charge in [-0.3, -0.25) is 4.68 Å². The van der Waals surface area contributed by atoms with Crippen LogP contribution in [0.15, 0.2) is 35.2 Å². The van der Waals surface area contributed by atoms with Gasteiger partial charge in [0.25, 0.3) is 0 Å². The third kappa shape index (κ3) is 2.09. The van der Waals surface area contributed by atoms with Gasteiger partial charge in [-0.05, 0) is 6.92 Å². The molecule has 0 bridgehead atoms. The number of primary sulfonamides is 1. The molecule has 2 rings (SSSR count). The van der Waals surface area contributed by atoms with E-state index in [0.717, 1.165) is 5.56 Å². The van der Waals surface area contributed by atoms with Gasteiger partial charge in [0.2, 0.25) is 10.0 Å². The average molecular weight is 251 g/mol. The van der Waals surface area contributed by atoms with Crippen molar-refractivity contribution in [2.75, 3.05) is 0 Å². The molecule has 5 nitrogen and oxygen atoms in total. The molecule has 2 N–H and O–H groups in total. The van der Waals surface area contributed by atoms with E-state index in [2.05, 4.69) is 5.10 Å². The minimum absolute atomic E-state index is 0.0891. The first-order valence-electron chi connectivity index (χ1n) is 5.03. The molecule has 0 fully saturated rings. The van der Waals surface area contributed by atoms with Crippen molar-refractivity contribution in [3.8, 4) is 11.3 Å². The second-order valence-electron chi connectivity index (χ2n) is 3.80. The lowest BCUT2D eigenvalue weighted by atomic mass is 10.1. The van der Waals surface area contributed by atoms with Gasteiger partial charge in [-0.15, -0.1) is 0 Å². The Bertz CT molecular complexity index is 645. The average Bonchev–Trinajstić information content (AvgIpc) is 2.56. The molecule has 2 aromatic rings. The summed E-state index contributed by atoms with van der Waals surface area (Å²) in [5, 5.41) is 9.43. The molecule has 1 aromatic carbocycles. The molecule has 90 valence electrons. The maximum absolute atomic E-state index is 11.6. The van der Waals surface area contributed by atoms with Crippen molar-refractivity contribution in [1.29, 1.82) is 0 Å². The summed E-state index contributed by atoms with van der Waals surface area (Å²) in [6.45, 7) is 1.68. The summed E-state index contributed by atoms with van der Waals surface area (Å²) in [6, 6.07) is 9.11. The number of aryl methyl sites for hydroxylation is 1. The number of nitrogens with two attached hydrogens (primary N) is 1. The number of hydrogen-bond acceptors (Lipinski definition) is 3. The second-order valence-corrected chi connectivity index (χ2v) is 5.30. The maximum atomic E-state index is 11.6. The summed E-state index contributed by atoms with van der Waals surface area (Å²) in [5.41, 5.74) is 1.67. The first kappa shape index (κ1) is 11.8. The summed E-state index contributed by atoms with van der Waals surface area (Å²) in [7, 11) is -2.08. The Morgan fingerprint density at radius 1 is 1.24 bits per heavy atom. The van der Waals surface area contributed by atoms with Crippen LogP contribution in [0.4, 0.5) is 0 Å². The molecule has 1 aromatic heterocycles. The van der Waals surface area contributed by atoms with E-state index in [9.17, 15) is 8.42 Å². The summed E-state index contributed by atoms with van der Waals surface area (Å²) in [4.78, 5) is 0.0891. The molecule has 0 aliphatic carbocycles. The molecule has 0 atom stereocenters. The zero-order valence-electron chi connectivity index (χ0n) is 9.58. The van der Waals surface area contributed by atoms with E-state index in [4.69, 9.17) is 5.14 Å². The molecule has 0 radical (unpaired) electrons. The lowest BCUT2D eigenvalue weighted by Gasteiger charge is -2.00. The van der Waals surface area contributed by atoms with Gasteiger partial charge in [0.1, 0.15) is 10.6 Å². The lowest BCUT2D eigenvalue weighted by molar-refractivity contribution is 0.597. The Hall–Kier alpha value is -1.66. The third-order valence-electron chi connectivity index (χ3n) is 2.61. The van der Waals surface area contributed by atoms with E-state index in [0.29, 0.717) is 11.4 Å². The summed E-state index contributed by atoms with van der Waals surface area (Å²) < 4.78 is 24.7. The van der Waals surface area contributed by atoms with Crippen LogP contribution in [0.25, 0.3) is 11.3 Å². The van der Waals surface area contributed by atoms with Crippen molar-refractivity contribution in [1.82, 2.24) is 9.78 Å². The Labute approximate surface area is 99.9 Å². The quantitative estimate of drug-likeness (QED) is 0.866. The van der Waals surface area contributed by atoms with E-state index < -0.39 is 10.0 Å². The highest BCUT2D eigenvalue weighted by Crippen LogP contribution is 2.27. The van der Waals surface area contributed by atoms with Gasteiger partial charge in [0.15, 0.2) is 0 Å². The highest BCUT2D eigenvalue weighted by molar-refractivity contribution is 7.89. The number of nitrogens with zero attached hydrogens (tertiary/aromatic N) is 2. The Balaban J connectivity index is 2.76. The Morgan fingerprint density at radius 2 is 1.82 bits per heavy atom. The number of hydrogen-bond donors (Lipinski definition) is 1. The molecular weight excluding hydrogens is 238 g/mol. The van der Waals surface area contributed by atoms with Crippen LogP contribution >= 0.6 is 0 Å². The molecule has 0 amide bonds. The monoisotopic (exact) mass is 251 g/mol. The standard InChI is InChI=1S/C11H13N3O2S/c1-8-11(17(12,15)16)10(13-14(8)2)9-6-4-3-5-7-9/h3-7H,1-2H3,(H2,12,15,16). The van der Waals surface area contributed by atoms with Gasteiger partial charge < -0.3 is 0 Å². The van der Waals surface area contributed by atoms with Crippen LogP contribution in [0.5, 0.6) is 0 Å². The smallest absolute Gasteiger partial charge is 0.242 e. The van der Waals surface area contributed by atoms with Crippen molar-refractivity contribution < 1.29 is 8.42 Å². The highest BCUT2D eigenvalue weighted by atomic mass is 32.2. The Kier molecular flexibility index (Phi) is 2.76. The Morgan fingerprint density at radius 3 is 2.35 bits per heavy atom. The van der Waals surface area contributed by atoms with Crippen LogP contribution in [0, 0.1) is 6.92 Å². The zero-order valence-corrected chi connectivity index (χ0v) is 10.4. The SMILES string of the molecule is Cc1c(S(N)(=O)=O)c(-c2ccccc2)nn1C. The molecule has 0 saturated carbocycles. The zero-order chi connectivity index (χ0) is 12.6. The molecule has 0 aliphatic heterocycles. The fraction of sp³-hybridized carbons (Fsp3) is 0.182. The van der Waals surface area contributed by atoms with Crippen molar-refractivity contribution in [2.24, 2.45) is 12.2 Å². The normalized spacial score (nSPS) is 11.7.